The lowest BCUT2D eigenvalue weighted by Gasteiger charge is -2.10. The van der Waals surface area contributed by atoms with Gasteiger partial charge in [0.05, 0.1) is 24.6 Å². The van der Waals surface area contributed by atoms with Crippen LogP contribution in [0.1, 0.15) is 22.3 Å². The molecule has 82 valence electrons. The van der Waals surface area contributed by atoms with Crippen molar-refractivity contribution in [1.82, 2.24) is 4.98 Å². The number of methoxy groups -OCH3 is 1. The molecule has 0 aliphatic carbocycles. The van der Waals surface area contributed by atoms with Crippen molar-refractivity contribution in [2.45, 2.75) is 6.43 Å². The standard InChI is InChI=1S/C8H8F2N2O3/c1-15-7-5(8(13)14)4(6(9)10)3(11)2-12-7/h2,6H,11H2,1H3,(H,13,14). The van der Waals surface area contributed by atoms with Crippen molar-refractivity contribution >= 4 is 11.7 Å². The number of anilines is 1. The fourth-order valence-electron chi connectivity index (χ4n) is 1.12. The number of nitrogen functional groups attached to an aromatic ring is 1. The third-order valence-corrected chi connectivity index (χ3v) is 1.74. The average Bonchev–Trinajstić information content (AvgIpc) is 2.16. The second kappa shape index (κ2) is 4.07. The van der Waals surface area contributed by atoms with Gasteiger partial charge in [0.15, 0.2) is 0 Å². The molecule has 0 aliphatic heterocycles. The van der Waals surface area contributed by atoms with Crippen LogP contribution in [0.2, 0.25) is 0 Å². The van der Waals surface area contributed by atoms with E-state index >= 15 is 0 Å². The summed E-state index contributed by atoms with van der Waals surface area (Å²) in [5, 5.41) is 8.74. The van der Waals surface area contributed by atoms with Gasteiger partial charge in [-0.2, -0.15) is 0 Å². The van der Waals surface area contributed by atoms with E-state index in [2.05, 4.69) is 9.72 Å². The summed E-state index contributed by atoms with van der Waals surface area (Å²) in [5.74, 6) is -1.94. The Hall–Kier alpha value is -1.92. The number of alkyl halides is 2. The first kappa shape index (κ1) is 11.2. The average molecular weight is 218 g/mol. The van der Waals surface area contributed by atoms with Gasteiger partial charge in [0.1, 0.15) is 5.56 Å². The highest BCUT2D eigenvalue weighted by Gasteiger charge is 2.26. The van der Waals surface area contributed by atoms with Crippen LogP contribution in [0.3, 0.4) is 0 Å². The first-order valence-electron chi connectivity index (χ1n) is 3.82. The van der Waals surface area contributed by atoms with Crippen LogP contribution in [-0.2, 0) is 0 Å². The molecular formula is C8H8F2N2O3. The molecule has 15 heavy (non-hydrogen) atoms. The van der Waals surface area contributed by atoms with Crippen molar-refractivity contribution in [3.8, 4) is 5.88 Å². The van der Waals surface area contributed by atoms with E-state index in [1.807, 2.05) is 0 Å². The van der Waals surface area contributed by atoms with E-state index in [1.54, 1.807) is 0 Å². The Kier molecular flexibility index (Phi) is 3.03. The van der Waals surface area contributed by atoms with Crippen molar-refractivity contribution < 1.29 is 23.4 Å². The van der Waals surface area contributed by atoms with Crippen LogP contribution in [0.4, 0.5) is 14.5 Å². The lowest BCUT2D eigenvalue weighted by molar-refractivity contribution is 0.0679. The molecule has 0 saturated carbocycles. The van der Waals surface area contributed by atoms with Gasteiger partial charge in [0, 0.05) is 0 Å². The fraction of sp³-hybridized carbons (Fsp3) is 0.250. The SMILES string of the molecule is COc1ncc(N)c(C(F)F)c1C(=O)O. The Labute approximate surface area is 83.5 Å². The van der Waals surface area contributed by atoms with E-state index in [1.165, 1.54) is 0 Å². The molecule has 3 N–H and O–H groups in total. The summed E-state index contributed by atoms with van der Waals surface area (Å²) in [4.78, 5) is 14.2. The Morgan fingerprint density at radius 1 is 1.67 bits per heavy atom. The maximum absolute atomic E-state index is 12.5. The van der Waals surface area contributed by atoms with Gasteiger partial charge in [-0.05, 0) is 0 Å². The zero-order valence-electron chi connectivity index (χ0n) is 7.70. The zero-order chi connectivity index (χ0) is 11.6. The summed E-state index contributed by atoms with van der Waals surface area (Å²) in [6.45, 7) is 0. The molecule has 0 aromatic carbocycles. The zero-order valence-corrected chi connectivity index (χ0v) is 7.70. The normalized spacial score (nSPS) is 10.4. The molecule has 0 spiro atoms. The number of carboxylic acids is 1. The molecule has 5 nitrogen and oxygen atoms in total. The van der Waals surface area contributed by atoms with Crippen LogP contribution in [0.15, 0.2) is 6.20 Å². The summed E-state index contributed by atoms with van der Waals surface area (Å²) < 4.78 is 29.6. The summed E-state index contributed by atoms with van der Waals surface area (Å²) >= 11 is 0. The highest BCUT2D eigenvalue weighted by atomic mass is 19.3. The monoisotopic (exact) mass is 218 g/mol. The smallest absolute Gasteiger partial charge is 0.341 e. The van der Waals surface area contributed by atoms with Crippen LogP contribution in [0.5, 0.6) is 5.88 Å². The number of carbonyl (C=O) groups is 1. The van der Waals surface area contributed by atoms with Crippen LogP contribution in [-0.4, -0.2) is 23.2 Å². The number of carboxylic acid groups (broad SMARTS) is 1. The summed E-state index contributed by atoms with van der Waals surface area (Å²) in [7, 11) is 1.14. The Balaban J connectivity index is 3.51. The minimum atomic E-state index is -2.99. The van der Waals surface area contributed by atoms with Crippen LogP contribution < -0.4 is 10.5 Å². The molecule has 1 aromatic heterocycles. The molecule has 0 unspecified atom stereocenters. The second-order valence-corrected chi connectivity index (χ2v) is 2.62. The number of aromatic nitrogens is 1. The third-order valence-electron chi connectivity index (χ3n) is 1.74. The molecule has 0 aliphatic rings. The van der Waals surface area contributed by atoms with Crippen molar-refractivity contribution in [3.05, 3.63) is 17.3 Å². The number of hydrogen-bond donors (Lipinski definition) is 2. The maximum Gasteiger partial charge on any atom is 0.341 e. The predicted octanol–water partition coefficient (Wildman–Crippen LogP) is 1.31. The molecule has 0 fully saturated rings. The topological polar surface area (TPSA) is 85.4 Å². The first-order chi connectivity index (χ1) is 6.99. The maximum atomic E-state index is 12.5. The number of aromatic carboxylic acids is 1. The third kappa shape index (κ3) is 1.95. The fourth-order valence-corrected chi connectivity index (χ4v) is 1.12. The molecule has 7 heteroatoms. The molecule has 1 heterocycles. The highest BCUT2D eigenvalue weighted by molar-refractivity contribution is 5.93. The first-order valence-corrected chi connectivity index (χ1v) is 3.82. The second-order valence-electron chi connectivity index (χ2n) is 2.62. The van der Waals surface area contributed by atoms with Gasteiger partial charge >= 0.3 is 5.97 Å². The van der Waals surface area contributed by atoms with Gasteiger partial charge in [-0.25, -0.2) is 18.6 Å². The molecule has 1 aromatic rings. The van der Waals surface area contributed by atoms with Crippen LogP contribution in [0, 0.1) is 0 Å². The van der Waals surface area contributed by atoms with Gasteiger partial charge in [-0.15, -0.1) is 0 Å². The number of rotatable bonds is 3. The Bertz CT molecular complexity index is 396. The molecule has 0 bridgehead atoms. The number of hydrogen-bond acceptors (Lipinski definition) is 4. The van der Waals surface area contributed by atoms with Gasteiger partial charge in [0.25, 0.3) is 6.43 Å². The van der Waals surface area contributed by atoms with Gasteiger partial charge < -0.3 is 15.6 Å². The lowest BCUT2D eigenvalue weighted by Crippen LogP contribution is -2.10. The van der Waals surface area contributed by atoms with Crippen molar-refractivity contribution in [2.75, 3.05) is 12.8 Å². The number of nitrogens with zero attached hydrogens (tertiary/aromatic N) is 1. The minimum Gasteiger partial charge on any atom is -0.480 e. The Morgan fingerprint density at radius 2 is 2.27 bits per heavy atom. The van der Waals surface area contributed by atoms with E-state index in [0.717, 1.165) is 13.3 Å². The van der Waals surface area contributed by atoms with Crippen molar-refractivity contribution in [1.29, 1.82) is 0 Å². The predicted molar refractivity (Wildman–Crippen MR) is 47.1 cm³/mol. The minimum absolute atomic E-state index is 0.372. The van der Waals surface area contributed by atoms with Gasteiger partial charge in [-0.1, -0.05) is 0 Å². The molecule has 0 amide bonds. The number of ether oxygens (including phenoxy) is 1. The summed E-state index contributed by atoms with van der Waals surface area (Å²) in [6.07, 6.45) is -2.06. The molecule has 0 radical (unpaired) electrons. The van der Waals surface area contributed by atoms with E-state index < -0.39 is 23.5 Å². The van der Waals surface area contributed by atoms with Crippen molar-refractivity contribution in [3.63, 3.8) is 0 Å². The van der Waals surface area contributed by atoms with E-state index in [-0.39, 0.29) is 11.6 Å². The lowest BCUT2D eigenvalue weighted by atomic mass is 10.1. The van der Waals surface area contributed by atoms with E-state index in [0.29, 0.717) is 0 Å². The van der Waals surface area contributed by atoms with Crippen LogP contribution >= 0.6 is 0 Å². The quantitative estimate of drug-likeness (QED) is 0.798. The largest absolute Gasteiger partial charge is 0.480 e. The van der Waals surface area contributed by atoms with Crippen LogP contribution in [0.25, 0.3) is 0 Å². The molecular weight excluding hydrogens is 210 g/mol. The number of nitrogens with two attached hydrogens (primary N) is 1. The Morgan fingerprint density at radius 3 is 2.67 bits per heavy atom. The molecule has 0 saturated heterocycles. The molecule has 1 rings (SSSR count). The number of pyridine rings is 1. The van der Waals surface area contributed by atoms with Gasteiger partial charge in [-0.3, -0.25) is 0 Å². The summed E-state index contributed by atoms with van der Waals surface area (Å²) in [6, 6.07) is 0. The van der Waals surface area contributed by atoms with Crippen molar-refractivity contribution in [2.24, 2.45) is 0 Å². The summed E-state index contributed by atoms with van der Waals surface area (Å²) in [5.41, 5.74) is 3.38. The molecule has 0 atom stereocenters. The van der Waals surface area contributed by atoms with E-state index in [9.17, 15) is 13.6 Å². The van der Waals surface area contributed by atoms with E-state index in [4.69, 9.17) is 10.8 Å². The highest BCUT2D eigenvalue weighted by Crippen LogP contribution is 2.32. The number of halogens is 2. The van der Waals surface area contributed by atoms with Gasteiger partial charge in [0.2, 0.25) is 5.88 Å².